The summed E-state index contributed by atoms with van der Waals surface area (Å²) in [5, 5.41) is 9.42. The fourth-order valence-electron chi connectivity index (χ4n) is 1.49. The molecule has 1 aromatic heterocycles. The van der Waals surface area contributed by atoms with E-state index in [0.717, 1.165) is 16.7 Å². The van der Waals surface area contributed by atoms with Crippen molar-refractivity contribution in [3.63, 3.8) is 0 Å². The molecule has 0 unspecified atom stereocenters. The molecule has 0 bridgehead atoms. The normalized spacial score (nSPS) is 10.5. The van der Waals surface area contributed by atoms with Gasteiger partial charge < -0.3 is 14.3 Å². The first-order chi connectivity index (χ1) is 7.08. The molecule has 1 aromatic carbocycles. The van der Waals surface area contributed by atoms with Crippen LogP contribution >= 0.6 is 0 Å². The number of rotatable bonds is 1. The van der Waals surface area contributed by atoms with E-state index < -0.39 is 6.16 Å². The second-order valence-electron chi connectivity index (χ2n) is 3.31. The summed E-state index contributed by atoms with van der Waals surface area (Å²) >= 11 is 0. The molecule has 0 aliphatic carbocycles. The van der Waals surface area contributed by atoms with Gasteiger partial charge in [0.05, 0.1) is 0 Å². The van der Waals surface area contributed by atoms with Gasteiger partial charge in [-0.15, -0.1) is 0 Å². The van der Waals surface area contributed by atoms with Gasteiger partial charge in [0.25, 0.3) is 0 Å². The van der Waals surface area contributed by atoms with E-state index in [9.17, 15) is 4.79 Å². The van der Waals surface area contributed by atoms with Crippen molar-refractivity contribution in [2.75, 3.05) is 0 Å². The van der Waals surface area contributed by atoms with Crippen LogP contribution in [0.2, 0.25) is 0 Å². The van der Waals surface area contributed by atoms with Crippen molar-refractivity contribution >= 4 is 17.1 Å². The number of aryl methyl sites for hydroxylation is 2. The van der Waals surface area contributed by atoms with Gasteiger partial charge in [-0.1, -0.05) is 0 Å². The van der Waals surface area contributed by atoms with E-state index in [2.05, 4.69) is 4.74 Å². The van der Waals surface area contributed by atoms with Gasteiger partial charge in [0.2, 0.25) is 0 Å². The summed E-state index contributed by atoms with van der Waals surface area (Å²) in [7, 11) is 0. The highest BCUT2D eigenvalue weighted by Gasteiger charge is 2.08. The molecule has 0 amide bonds. The van der Waals surface area contributed by atoms with Gasteiger partial charge in [0, 0.05) is 11.5 Å². The van der Waals surface area contributed by atoms with Crippen LogP contribution < -0.4 is 4.74 Å². The Bertz CT molecular complexity index is 525. The number of fused-ring (bicyclic) bond motifs is 1. The molecular formula is C11H10O4. The standard InChI is InChI=1S/C11H10O4/c1-6-7(2)14-10-5-8(15-11(12)13)3-4-9(6)10/h3-5H,1-2H3,(H,12,13). The van der Waals surface area contributed by atoms with Crippen LogP contribution in [-0.2, 0) is 0 Å². The quantitative estimate of drug-likeness (QED) is 0.575. The maximum atomic E-state index is 10.3. The Morgan fingerprint density at radius 3 is 2.80 bits per heavy atom. The third-order valence-corrected chi connectivity index (χ3v) is 2.35. The molecule has 1 N–H and O–H groups in total. The molecular weight excluding hydrogens is 196 g/mol. The van der Waals surface area contributed by atoms with E-state index >= 15 is 0 Å². The minimum absolute atomic E-state index is 0.267. The largest absolute Gasteiger partial charge is 0.511 e. The first-order valence-electron chi connectivity index (χ1n) is 4.48. The van der Waals surface area contributed by atoms with Crippen LogP contribution in [-0.4, -0.2) is 11.3 Å². The topological polar surface area (TPSA) is 59.7 Å². The minimum atomic E-state index is -1.32. The average Bonchev–Trinajstić information content (AvgIpc) is 2.41. The lowest BCUT2D eigenvalue weighted by molar-refractivity contribution is 0.144. The van der Waals surface area contributed by atoms with Crippen molar-refractivity contribution in [3.05, 3.63) is 29.5 Å². The van der Waals surface area contributed by atoms with Crippen LogP contribution in [0.3, 0.4) is 0 Å². The molecule has 78 valence electrons. The molecule has 2 aromatic rings. The molecule has 0 radical (unpaired) electrons. The number of carbonyl (C=O) groups is 1. The number of carboxylic acid groups (broad SMARTS) is 1. The highest BCUT2D eigenvalue weighted by molar-refractivity contribution is 5.83. The van der Waals surface area contributed by atoms with Gasteiger partial charge in [-0.3, -0.25) is 0 Å². The van der Waals surface area contributed by atoms with E-state index in [1.807, 2.05) is 13.8 Å². The first kappa shape index (κ1) is 9.58. The van der Waals surface area contributed by atoms with Crippen molar-refractivity contribution in [2.45, 2.75) is 13.8 Å². The molecule has 4 heteroatoms. The Morgan fingerprint density at radius 2 is 2.13 bits per heavy atom. The van der Waals surface area contributed by atoms with E-state index in [4.69, 9.17) is 9.52 Å². The van der Waals surface area contributed by atoms with Crippen molar-refractivity contribution in [3.8, 4) is 5.75 Å². The summed E-state index contributed by atoms with van der Waals surface area (Å²) in [6, 6.07) is 4.97. The van der Waals surface area contributed by atoms with Gasteiger partial charge in [-0.05, 0) is 31.5 Å². The Labute approximate surface area is 86.1 Å². The summed E-state index contributed by atoms with van der Waals surface area (Å²) in [6.07, 6.45) is -1.32. The molecule has 2 rings (SSSR count). The molecule has 0 fully saturated rings. The number of hydrogen-bond acceptors (Lipinski definition) is 3. The molecule has 0 spiro atoms. The summed E-state index contributed by atoms with van der Waals surface area (Å²) in [5.41, 5.74) is 1.70. The maximum absolute atomic E-state index is 10.3. The van der Waals surface area contributed by atoms with Crippen molar-refractivity contribution in [1.29, 1.82) is 0 Å². The zero-order valence-electron chi connectivity index (χ0n) is 8.40. The van der Waals surface area contributed by atoms with E-state index in [1.165, 1.54) is 0 Å². The summed E-state index contributed by atoms with van der Waals surface area (Å²) in [6.45, 7) is 3.83. The zero-order chi connectivity index (χ0) is 11.0. The fourth-order valence-corrected chi connectivity index (χ4v) is 1.49. The maximum Gasteiger partial charge on any atom is 0.511 e. The van der Waals surface area contributed by atoms with Crippen LogP contribution in [0, 0.1) is 13.8 Å². The van der Waals surface area contributed by atoms with Crippen molar-refractivity contribution < 1.29 is 19.1 Å². The summed E-state index contributed by atoms with van der Waals surface area (Å²) < 4.78 is 9.98. The lowest BCUT2D eigenvalue weighted by Crippen LogP contribution is -2.02. The van der Waals surface area contributed by atoms with Crippen molar-refractivity contribution in [2.24, 2.45) is 0 Å². The van der Waals surface area contributed by atoms with Crippen LogP contribution in [0.4, 0.5) is 4.79 Å². The monoisotopic (exact) mass is 206 g/mol. The first-order valence-corrected chi connectivity index (χ1v) is 4.48. The van der Waals surface area contributed by atoms with Crippen LogP contribution in [0.1, 0.15) is 11.3 Å². The minimum Gasteiger partial charge on any atom is -0.461 e. The lowest BCUT2D eigenvalue weighted by Gasteiger charge is -1.98. The van der Waals surface area contributed by atoms with Crippen molar-refractivity contribution in [1.82, 2.24) is 0 Å². The van der Waals surface area contributed by atoms with Crippen LogP contribution in [0.25, 0.3) is 11.0 Å². The van der Waals surface area contributed by atoms with Gasteiger partial charge >= 0.3 is 6.16 Å². The fraction of sp³-hybridized carbons (Fsp3) is 0.182. The molecule has 0 aliphatic heterocycles. The Kier molecular flexibility index (Phi) is 2.11. The lowest BCUT2D eigenvalue weighted by atomic mass is 10.1. The highest BCUT2D eigenvalue weighted by atomic mass is 16.7. The van der Waals surface area contributed by atoms with E-state index in [1.54, 1.807) is 18.2 Å². The Morgan fingerprint density at radius 1 is 1.40 bits per heavy atom. The van der Waals surface area contributed by atoms with E-state index in [0.29, 0.717) is 5.58 Å². The van der Waals surface area contributed by atoms with Gasteiger partial charge in [-0.2, -0.15) is 0 Å². The smallest absolute Gasteiger partial charge is 0.461 e. The third-order valence-electron chi connectivity index (χ3n) is 2.35. The zero-order valence-corrected chi connectivity index (χ0v) is 8.40. The van der Waals surface area contributed by atoms with E-state index in [-0.39, 0.29) is 5.75 Å². The molecule has 4 nitrogen and oxygen atoms in total. The number of ether oxygens (including phenoxy) is 1. The average molecular weight is 206 g/mol. The van der Waals surface area contributed by atoms with Crippen LogP contribution in [0.5, 0.6) is 5.75 Å². The van der Waals surface area contributed by atoms with Gasteiger partial charge in [0.1, 0.15) is 17.1 Å². The Balaban J connectivity index is 2.52. The van der Waals surface area contributed by atoms with Gasteiger partial charge in [-0.25, -0.2) is 4.79 Å². The third kappa shape index (κ3) is 1.66. The number of benzene rings is 1. The molecule has 15 heavy (non-hydrogen) atoms. The van der Waals surface area contributed by atoms with Gasteiger partial charge in [0.15, 0.2) is 0 Å². The molecule has 0 atom stereocenters. The summed E-state index contributed by atoms with van der Waals surface area (Å²) in [4.78, 5) is 10.3. The van der Waals surface area contributed by atoms with Crippen LogP contribution in [0.15, 0.2) is 22.6 Å². The molecule has 0 saturated heterocycles. The molecule has 0 aliphatic rings. The second-order valence-corrected chi connectivity index (χ2v) is 3.31. The molecule has 0 saturated carbocycles. The highest BCUT2D eigenvalue weighted by Crippen LogP contribution is 2.27. The Hall–Kier alpha value is -1.97. The predicted molar refractivity (Wildman–Crippen MR) is 54.3 cm³/mol. The SMILES string of the molecule is Cc1oc2cc(OC(=O)O)ccc2c1C. The second kappa shape index (κ2) is 3.31. The predicted octanol–water partition coefficient (Wildman–Crippen LogP) is 3.11. The number of hydrogen-bond donors (Lipinski definition) is 1. The number of furan rings is 1. The molecule has 1 heterocycles. The summed E-state index contributed by atoms with van der Waals surface area (Å²) in [5.74, 6) is 1.10.